The molecule has 1 aromatic heterocycles. The molecule has 5 nitrogen and oxygen atoms in total. The fourth-order valence-electron chi connectivity index (χ4n) is 2.40. The first-order valence-electron chi connectivity index (χ1n) is 7.73. The Bertz CT molecular complexity index is 934. The lowest BCUT2D eigenvalue weighted by atomic mass is 10.1. The highest BCUT2D eigenvalue weighted by molar-refractivity contribution is 7.13. The summed E-state index contributed by atoms with van der Waals surface area (Å²) in [5, 5.41) is 8.23. The van der Waals surface area contributed by atoms with Crippen LogP contribution in [-0.4, -0.2) is 23.8 Å². The number of nitrogens with zero attached hydrogens (tertiary/aromatic N) is 1. The van der Waals surface area contributed by atoms with Gasteiger partial charge in [-0.3, -0.25) is 9.59 Å². The minimum atomic E-state index is -0.272. The molecule has 25 heavy (non-hydrogen) atoms. The van der Waals surface area contributed by atoms with Gasteiger partial charge >= 0.3 is 0 Å². The van der Waals surface area contributed by atoms with Gasteiger partial charge in [-0.05, 0) is 31.2 Å². The van der Waals surface area contributed by atoms with Gasteiger partial charge in [0.25, 0.3) is 11.8 Å². The van der Waals surface area contributed by atoms with E-state index in [1.165, 1.54) is 0 Å². The van der Waals surface area contributed by atoms with Crippen molar-refractivity contribution >= 4 is 28.8 Å². The van der Waals surface area contributed by atoms with Crippen molar-refractivity contribution in [1.82, 2.24) is 10.3 Å². The Hall–Kier alpha value is -2.99. The number of benzene rings is 2. The molecule has 126 valence electrons. The molecular formula is C19H17N3O2S. The topological polar surface area (TPSA) is 71.1 Å². The van der Waals surface area contributed by atoms with Crippen LogP contribution in [0.2, 0.25) is 0 Å². The second kappa shape index (κ2) is 7.27. The summed E-state index contributed by atoms with van der Waals surface area (Å²) in [7, 11) is 1.56. The van der Waals surface area contributed by atoms with Crippen molar-refractivity contribution in [2.75, 3.05) is 12.4 Å². The number of rotatable bonds is 4. The van der Waals surface area contributed by atoms with Crippen molar-refractivity contribution < 1.29 is 9.59 Å². The average Bonchev–Trinajstić information content (AvgIpc) is 3.08. The average molecular weight is 351 g/mol. The first-order chi connectivity index (χ1) is 12.1. The van der Waals surface area contributed by atoms with Gasteiger partial charge in [0.15, 0.2) is 0 Å². The number of aryl methyl sites for hydroxylation is 1. The zero-order valence-corrected chi connectivity index (χ0v) is 14.7. The molecule has 0 unspecified atom stereocenters. The van der Waals surface area contributed by atoms with E-state index in [1.807, 2.05) is 24.4 Å². The van der Waals surface area contributed by atoms with Gasteiger partial charge in [0.1, 0.15) is 5.01 Å². The second-order valence-electron chi connectivity index (χ2n) is 5.45. The van der Waals surface area contributed by atoms with E-state index in [9.17, 15) is 9.59 Å². The maximum atomic E-state index is 12.6. The van der Waals surface area contributed by atoms with Gasteiger partial charge in [-0.25, -0.2) is 4.98 Å². The molecular weight excluding hydrogens is 334 g/mol. The van der Waals surface area contributed by atoms with Gasteiger partial charge in [0, 0.05) is 29.2 Å². The number of thiazole rings is 1. The van der Waals surface area contributed by atoms with E-state index < -0.39 is 0 Å². The van der Waals surface area contributed by atoms with Gasteiger partial charge in [-0.2, -0.15) is 0 Å². The SMILES string of the molecule is CNC(=O)c1ccccc1NC(=O)c1cccc(-c2nc(C)cs2)c1. The van der Waals surface area contributed by atoms with Crippen LogP contribution < -0.4 is 10.6 Å². The number of nitrogens with one attached hydrogen (secondary N) is 2. The summed E-state index contributed by atoms with van der Waals surface area (Å²) in [4.78, 5) is 29.0. The van der Waals surface area contributed by atoms with Crippen LogP contribution in [0, 0.1) is 6.92 Å². The molecule has 0 radical (unpaired) electrons. The predicted molar refractivity (Wildman–Crippen MR) is 100 cm³/mol. The summed E-state index contributed by atoms with van der Waals surface area (Å²) >= 11 is 1.54. The fourth-order valence-corrected chi connectivity index (χ4v) is 3.19. The van der Waals surface area contributed by atoms with Crippen molar-refractivity contribution in [1.29, 1.82) is 0 Å². The molecule has 3 aromatic rings. The Morgan fingerprint density at radius 3 is 2.56 bits per heavy atom. The standard InChI is InChI=1S/C19H17N3O2S/c1-12-11-25-19(21-12)14-7-5-6-13(10-14)17(23)22-16-9-4-3-8-15(16)18(24)20-2/h3-11H,1-2H3,(H,20,24)(H,22,23). The number of carbonyl (C=O) groups excluding carboxylic acids is 2. The van der Waals surface area contributed by atoms with E-state index >= 15 is 0 Å². The Morgan fingerprint density at radius 2 is 1.84 bits per heavy atom. The second-order valence-corrected chi connectivity index (χ2v) is 6.31. The minimum Gasteiger partial charge on any atom is -0.355 e. The van der Waals surface area contributed by atoms with E-state index in [2.05, 4.69) is 15.6 Å². The maximum absolute atomic E-state index is 12.6. The van der Waals surface area contributed by atoms with E-state index in [1.54, 1.807) is 54.8 Å². The van der Waals surface area contributed by atoms with Crippen LogP contribution in [0.5, 0.6) is 0 Å². The Kier molecular flexibility index (Phi) is 4.90. The first-order valence-corrected chi connectivity index (χ1v) is 8.61. The molecule has 0 saturated heterocycles. The lowest BCUT2D eigenvalue weighted by Crippen LogP contribution is -2.21. The van der Waals surface area contributed by atoms with Gasteiger partial charge in [-0.15, -0.1) is 11.3 Å². The molecule has 6 heteroatoms. The molecule has 3 rings (SSSR count). The fraction of sp³-hybridized carbons (Fsp3) is 0.105. The molecule has 1 heterocycles. The van der Waals surface area contributed by atoms with Gasteiger partial charge in [-0.1, -0.05) is 24.3 Å². The number of anilines is 1. The third-order valence-corrected chi connectivity index (χ3v) is 4.65. The highest BCUT2D eigenvalue weighted by atomic mass is 32.1. The summed E-state index contributed by atoms with van der Waals surface area (Å²) in [6.07, 6.45) is 0. The van der Waals surface area contributed by atoms with Crippen LogP contribution in [0.1, 0.15) is 26.4 Å². The minimum absolute atomic E-state index is 0.247. The predicted octanol–water partition coefficient (Wildman–Crippen LogP) is 3.73. The van der Waals surface area contributed by atoms with Gasteiger partial charge in [0.05, 0.1) is 11.3 Å². The lowest BCUT2D eigenvalue weighted by molar-refractivity contribution is 0.0964. The normalized spacial score (nSPS) is 10.3. The molecule has 0 aliphatic rings. The van der Waals surface area contributed by atoms with Crippen molar-refractivity contribution in [3.8, 4) is 10.6 Å². The van der Waals surface area contributed by atoms with Crippen molar-refractivity contribution in [3.63, 3.8) is 0 Å². The number of hydrogen-bond acceptors (Lipinski definition) is 4. The highest BCUT2D eigenvalue weighted by Gasteiger charge is 2.14. The highest BCUT2D eigenvalue weighted by Crippen LogP contribution is 2.25. The third kappa shape index (κ3) is 3.75. The first kappa shape index (κ1) is 16.9. The molecule has 0 spiro atoms. The molecule has 2 N–H and O–H groups in total. The zero-order valence-electron chi connectivity index (χ0n) is 13.9. The smallest absolute Gasteiger partial charge is 0.255 e. The van der Waals surface area contributed by atoms with E-state index in [-0.39, 0.29) is 11.8 Å². The number of hydrogen-bond donors (Lipinski definition) is 2. The van der Waals surface area contributed by atoms with Crippen LogP contribution in [0.15, 0.2) is 53.9 Å². The van der Waals surface area contributed by atoms with Crippen molar-refractivity contribution in [2.24, 2.45) is 0 Å². The number of amides is 2. The quantitative estimate of drug-likeness (QED) is 0.752. The number of para-hydroxylation sites is 1. The molecule has 0 fully saturated rings. The van der Waals surface area contributed by atoms with Crippen LogP contribution in [0.4, 0.5) is 5.69 Å². The monoisotopic (exact) mass is 351 g/mol. The Labute approximate surface area is 149 Å². The Balaban J connectivity index is 1.86. The zero-order chi connectivity index (χ0) is 17.8. The molecule has 0 saturated carbocycles. The summed E-state index contributed by atoms with van der Waals surface area (Å²) < 4.78 is 0. The summed E-state index contributed by atoms with van der Waals surface area (Å²) in [6.45, 7) is 1.94. The van der Waals surface area contributed by atoms with E-state index in [0.717, 1.165) is 16.3 Å². The summed E-state index contributed by atoms with van der Waals surface area (Å²) in [5.41, 5.74) is 3.25. The van der Waals surface area contributed by atoms with Gasteiger partial charge < -0.3 is 10.6 Å². The number of carbonyl (C=O) groups is 2. The van der Waals surface area contributed by atoms with E-state index in [0.29, 0.717) is 16.8 Å². The molecule has 2 aromatic carbocycles. The van der Waals surface area contributed by atoms with Crippen LogP contribution in [0.3, 0.4) is 0 Å². The molecule has 0 aliphatic carbocycles. The summed E-state index contributed by atoms with van der Waals surface area (Å²) in [6, 6.07) is 14.2. The lowest BCUT2D eigenvalue weighted by Gasteiger charge is -2.10. The third-order valence-electron chi connectivity index (χ3n) is 3.64. The van der Waals surface area contributed by atoms with Gasteiger partial charge in [0.2, 0.25) is 0 Å². The molecule has 0 atom stereocenters. The number of aromatic nitrogens is 1. The molecule has 0 bridgehead atoms. The van der Waals surface area contributed by atoms with Crippen molar-refractivity contribution in [2.45, 2.75) is 6.92 Å². The summed E-state index contributed by atoms with van der Waals surface area (Å²) in [5.74, 6) is -0.519. The maximum Gasteiger partial charge on any atom is 0.255 e. The van der Waals surface area contributed by atoms with E-state index in [4.69, 9.17) is 0 Å². The molecule has 0 aliphatic heterocycles. The molecule has 2 amide bonds. The van der Waals surface area contributed by atoms with Crippen molar-refractivity contribution in [3.05, 3.63) is 70.7 Å². The van der Waals surface area contributed by atoms with Crippen LogP contribution in [-0.2, 0) is 0 Å². The van der Waals surface area contributed by atoms with Crippen LogP contribution in [0.25, 0.3) is 10.6 Å². The largest absolute Gasteiger partial charge is 0.355 e. The van der Waals surface area contributed by atoms with Crippen LogP contribution >= 0.6 is 11.3 Å². The Morgan fingerprint density at radius 1 is 1.04 bits per heavy atom.